The molecule has 1 N–H and O–H groups in total. The van der Waals surface area contributed by atoms with E-state index in [1.54, 1.807) is 18.2 Å². The molecule has 0 saturated heterocycles. The summed E-state index contributed by atoms with van der Waals surface area (Å²) in [6.45, 7) is 12.1. The number of ether oxygens (including phenoxy) is 1. The fourth-order valence-corrected chi connectivity index (χ4v) is 3.63. The van der Waals surface area contributed by atoms with Crippen LogP contribution >= 0.6 is 0 Å². The summed E-state index contributed by atoms with van der Waals surface area (Å²) >= 11 is 0. The predicted octanol–water partition coefficient (Wildman–Crippen LogP) is 6.81. The van der Waals surface area contributed by atoms with Crippen molar-refractivity contribution in [3.05, 3.63) is 88.6 Å². The minimum Gasteiger partial charge on any atom is -0.507 e. The van der Waals surface area contributed by atoms with Crippen LogP contribution in [0, 0.1) is 5.41 Å². The Hall–Kier alpha value is -3.47. The number of rotatable bonds is 6. The fraction of sp³-hybridized carbons (Fsp3) is 0.345. The van der Waals surface area contributed by atoms with Crippen molar-refractivity contribution in [3.8, 4) is 5.75 Å². The van der Waals surface area contributed by atoms with Crippen molar-refractivity contribution in [1.82, 2.24) is 0 Å². The molecular formula is C29H36O5. The summed E-state index contributed by atoms with van der Waals surface area (Å²) in [6, 6.07) is 5.85. The molecule has 5 heteroatoms. The maximum absolute atomic E-state index is 11.1. The third kappa shape index (κ3) is 9.99. The molecule has 1 aliphatic rings. The molecule has 0 atom stereocenters. The van der Waals surface area contributed by atoms with Gasteiger partial charge in [0.2, 0.25) is 0 Å². The van der Waals surface area contributed by atoms with Crippen LogP contribution in [0.5, 0.6) is 5.75 Å². The normalized spacial score (nSPS) is 16.3. The van der Waals surface area contributed by atoms with Crippen LogP contribution in [0.4, 0.5) is 0 Å². The number of phenolic OH excluding ortho intramolecular Hbond substituents is 1. The minimum atomic E-state index is -0.842. The van der Waals surface area contributed by atoms with Crippen LogP contribution in [0.1, 0.15) is 71.2 Å². The van der Waals surface area contributed by atoms with Gasteiger partial charge in [-0.3, -0.25) is 9.59 Å². The Morgan fingerprint density at radius 1 is 1.03 bits per heavy atom. The number of carbonyl (C=O) groups is 3. The monoisotopic (exact) mass is 464 g/mol. The zero-order valence-electron chi connectivity index (χ0n) is 21.1. The molecule has 1 aliphatic carbocycles. The Balaban J connectivity index is 0.000000380. The van der Waals surface area contributed by atoms with Gasteiger partial charge in [0.05, 0.1) is 0 Å². The summed E-state index contributed by atoms with van der Waals surface area (Å²) in [5.74, 6) is -1.74. The first-order chi connectivity index (χ1) is 16.0. The van der Waals surface area contributed by atoms with Crippen LogP contribution in [0.2, 0.25) is 0 Å². The van der Waals surface area contributed by atoms with Gasteiger partial charge in [-0.1, -0.05) is 67.5 Å². The molecule has 34 heavy (non-hydrogen) atoms. The average molecular weight is 465 g/mol. The van der Waals surface area contributed by atoms with Crippen molar-refractivity contribution in [1.29, 1.82) is 0 Å². The molecule has 1 aromatic rings. The largest absolute Gasteiger partial charge is 0.507 e. The number of benzene rings is 1. The van der Waals surface area contributed by atoms with E-state index in [9.17, 15) is 19.5 Å². The molecule has 0 aliphatic heterocycles. The molecule has 5 nitrogen and oxygen atoms in total. The predicted molar refractivity (Wildman–Crippen MR) is 136 cm³/mol. The molecule has 0 bridgehead atoms. The maximum atomic E-state index is 11.1. The summed E-state index contributed by atoms with van der Waals surface area (Å²) in [5.41, 5.74) is 5.46. The zero-order valence-corrected chi connectivity index (χ0v) is 21.1. The van der Waals surface area contributed by atoms with Gasteiger partial charge < -0.3 is 9.84 Å². The Bertz CT molecular complexity index is 1030. The Kier molecular flexibility index (Phi) is 11.7. The molecular weight excluding hydrogens is 428 g/mol. The van der Waals surface area contributed by atoms with Crippen LogP contribution in [-0.2, 0) is 14.3 Å². The summed E-state index contributed by atoms with van der Waals surface area (Å²) in [4.78, 5) is 31.8. The van der Waals surface area contributed by atoms with Crippen molar-refractivity contribution in [2.24, 2.45) is 5.41 Å². The highest BCUT2D eigenvalue weighted by Crippen LogP contribution is 2.40. The first kappa shape index (κ1) is 28.6. The molecule has 1 aromatic carbocycles. The van der Waals surface area contributed by atoms with E-state index in [0.717, 1.165) is 18.8 Å². The molecule has 0 heterocycles. The van der Waals surface area contributed by atoms with Gasteiger partial charge in [-0.05, 0) is 74.8 Å². The number of hydrogen-bond donors (Lipinski definition) is 1. The van der Waals surface area contributed by atoms with Crippen LogP contribution < -0.4 is 0 Å². The lowest BCUT2D eigenvalue weighted by Gasteiger charge is -2.32. The summed E-state index contributed by atoms with van der Waals surface area (Å²) in [6.07, 6.45) is 16.6. The molecule has 2 rings (SSSR count). The van der Waals surface area contributed by atoms with Gasteiger partial charge >= 0.3 is 11.9 Å². The van der Waals surface area contributed by atoms with Crippen molar-refractivity contribution >= 4 is 18.2 Å². The van der Waals surface area contributed by atoms with Crippen molar-refractivity contribution in [2.75, 3.05) is 0 Å². The van der Waals surface area contributed by atoms with Gasteiger partial charge in [0, 0.05) is 6.92 Å². The Labute approximate surface area is 203 Å². The van der Waals surface area contributed by atoms with Gasteiger partial charge in [0.25, 0.3) is 0 Å². The standard InChI is InChI=1S/C20H28O.C9H8O4/c1-16(8-6-9-17(2)13-15-21)11-12-19-18(3)10-7-14-20(19,4)5;1-6(10)13-9(12)7-4-2-3-5-8(7)11/h6,8-9,11-13,15H,7,10,14H2,1-5H3;2-5,11H,1H3/b9-6+,12-11+,16-8+,17-13+;. The quantitative estimate of drug-likeness (QED) is 0.164. The van der Waals surface area contributed by atoms with Gasteiger partial charge in [-0.25, -0.2) is 4.79 Å². The molecule has 0 spiro atoms. The number of aromatic hydroxyl groups is 1. The number of allylic oxidation sites excluding steroid dienone is 10. The second kappa shape index (κ2) is 13.9. The minimum absolute atomic E-state index is 0.0160. The smallest absolute Gasteiger partial charge is 0.349 e. The summed E-state index contributed by atoms with van der Waals surface area (Å²) in [5, 5.41) is 9.18. The van der Waals surface area contributed by atoms with Crippen molar-refractivity contribution in [3.63, 3.8) is 0 Å². The van der Waals surface area contributed by atoms with Crippen molar-refractivity contribution < 1.29 is 24.2 Å². The number of para-hydroxylation sites is 1. The number of esters is 2. The lowest BCUT2D eigenvalue weighted by Crippen LogP contribution is -2.19. The highest BCUT2D eigenvalue weighted by Gasteiger charge is 2.26. The van der Waals surface area contributed by atoms with Gasteiger partial charge in [-0.2, -0.15) is 0 Å². The summed E-state index contributed by atoms with van der Waals surface area (Å²) in [7, 11) is 0. The number of carbonyl (C=O) groups excluding carboxylic acids is 3. The number of aldehydes is 1. The van der Waals surface area contributed by atoms with Gasteiger partial charge in [0.15, 0.2) is 0 Å². The Morgan fingerprint density at radius 2 is 1.68 bits per heavy atom. The third-order valence-electron chi connectivity index (χ3n) is 5.46. The highest BCUT2D eigenvalue weighted by atomic mass is 16.6. The molecule has 0 saturated carbocycles. The maximum Gasteiger partial charge on any atom is 0.349 e. The molecule has 182 valence electrons. The second-order valence-electron chi connectivity index (χ2n) is 8.98. The fourth-order valence-electron chi connectivity index (χ4n) is 3.63. The third-order valence-corrected chi connectivity index (χ3v) is 5.46. The van der Waals surface area contributed by atoms with Gasteiger partial charge in [-0.15, -0.1) is 0 Å². The lowest BCUT2D eigenvalue weighted by atomic mass is 9.72. The van der Waals surface area contributed by atoms with E-state index in [2.05, 4.69) is 50.7 Å². The molecule has 0 amide bonds. The molecule has 0 radical (unpaired) electrons. The molecule has 0 fully saturated rings. The first-order valence-electron chi connectivity index (χ1n) is 11.3. The molecule has 0 aromatic heterocycles. The first-order valence-corrected chi connectivity index (χ1v) is 11.3. The highest BCUT2D eigenvalue weighted by molar-refractivity contribution is 5.98. The topological polar surface area (TPSA) is 80.7 Å². The van der Waals surface area contributed by atoms with Crippen LogP contribution in [0.3, 0.4) is 0 Å². The second-order valence-corrected chi connectivity index (χ2v) is 8.98. The number of hydrogen-bond acceptors (Lipinski definition) is 5. The van der Waals surface area contributed by atoms with E-state index >= 15 is 0 Å². The van der Waals surface area contributed by atoms with E-state index in [4.69, 9.17) is 0 Å². The van der Waals surface area contributed by atoms with E-state index in [1.165, 1.54) is 48.1 Å². The zero-order chi connectivity index (χ0) is 25.7. The van der Waals surface area contributed by atoms with Gasteiger partial charge in [0.1, 0.15) is 17.6 Å². The van der Waals surface area contributed by atoms with Crippen LogP contribution in [0.25, 0.3) is 0 Å². The van der Waals surface area contributed by atoms with Crippen LogP contribution in [-0.4, -0.2) is 23.3 Å². The Morgan fingerprint density at radius 3 is 2.26 bits per heavy atom. The van der Waals surface area contributed by atoms with E-state index < -0.39 is 11.9 Å². The SMILES string of the molecule is CC(=O)OC(=O)c1ccccc1O.CC1=C(/C=C/C(C)=C/C=C/C(C)=C/C=O)C(C)(C)CCC1. The van der Waals surface area contributed by atoms with Crippen LogP contribution in [0.15, 0.2) is 83.0 Å². The average Bonchev–Trinajstić information content (AvgIpc) is 2.73. The van der Waals surface area contributed by atoms with E-state index in [-0.39, 0.29) is 16.7 Å². The summed E-state index contributed by atoms with van der Waals surface area (Å²) < 4.78 is 4.28. The number of phenols is 1. The van der Waals surface area contributed by atoms with E-state index in [1.807, 2.05) is 19.1 Å². The molecule has 0 unspecified atom stereocenters. The van der Waals surface area contributed by atoms with Crippen molar-refractivity contribution in [2.45, 2.75) is 60.8 Å². The lowest BCUT2D eigenvalue weighted by molar-refractivity contribution is -0.135. The van der Waals surface area contributed by atoms with E-state index in [0.29, 0.717) is 0 Å².